The number of hydrogen-bond acceptors (Lipinski definition) is 6. The minimum atomic E-state index is -0.363. The lowest BCUT2D eigenvalue weighted by atomic mass is 9.98. The van der Waals surface area contributed by atoms with Crippen LogP contribution in [0.3, 0.4) is 0 Å². The van der Waals surface area contributed by atoms with Gasteiger partial charge >= 0.3 is 0 Å². The second kappa shape index (κ2) is 7.52. The summed E-state index contributed by atoms with van der Waals surface area (Å²) >= 11 is 0. The second-order valence-electron chi connectivity index (χ2n) is 6.55. The summed E-state index contributed by atoms with van der Waals surface area (Å²) in [6.07, 6.45) is 2.41. The fourth-order valence-electron chi connectivity index (χ4n) is 3.32. The van der Waals surface area contributed by atoms with Crippen molar-refractivity contribution in [2.45, 2.75) is 19.4 Å². The van der Waals surface area contributed by atoms with Crippen LogP contribution in [0.4, 0.5) is 10.2 Å². The van der Waals surface area contributed by atoms with Gasteiger partial charge in [-0.15, -0.1) is 0 Å². The molecule has 0 bridgehead atoms. The number of anilines is 1. The highest BCUT2D eigenvalue weighted by Crippen LogP contribution is 2.43. The van der Waals surface area contributed by atoms with Crippen LogP contribution >= 0.6 is 0 Å². The van der Waals surface area contributed by atoms with E-state index in [2.05, 4.69) is 10.3 Å². The quantitative estimate of drug-likeness (QED) is 0.670. The molecule has 2 aromatic carbocycles. The second-order valence-corrected chi connectivity index (χ2v) is 6.55. The maximum absolute atomic E-state index is 14.0. The Morgan fingerprint density at radius 2 is 1.93 bits per heavy atom. The molecule has 6 nitrogen and oxygen atoms in total. The SMILES string of the molecule is CCC(CO)Nc1ncc(-c2cc(F)ccc2OC)c2cc3c(cc12)OCO3. The molecular formula is C21H21FN2O4. The van der Waals surface area contributed by atoms with E-state index in [4.69, 9.17) is 14.2 Å². The summed E-state index contributed by atoms with van der Waals surface area (Å²) in [6, 6.07) is 7.96. The monoisotopic (exact) mass is 384 g/mol. The number of hydrogen-bond donors (Lipinski definition) is 2. The Hall–Kier alpha value is -3.06. The Morgan fingerprint density at radius 3 is 2.61 bits per heavy atom. The standard InChI is InChI=1S/C21H21FN2O4/c1-3-13(10-25)24-21-16-8-20-19(27-11-28-20)7-14(16)17(9-23-21)15-6-12(22)4-5-18(15)26-2/h4-9,13,25H,3,10-11H2,1-2H3,(H,23,24). The number of halogens is 1. The smallest absolute Gasteiger partial charge is 0.231 e. The lowest BCUT2D eigenvalue weighted by molar-refractivity contribution is 0.174. The summed E-state index contributed by atoms with van der Waals surface area (Å²) in [7, 11) is 1.55. The third-order valence-electron chi connectivity index (χ3n) is 4.89. The number of aliphatic hydroxyl groups is 1. The van der Waals surface area contributed by atoms with Gasteiger partial charge in [0.1, 0.15) is 17.4 Å². The summed E-state index contributed by atoms with van der Waals surface area (Å²) in [6.45, 7) is 2.12. The summed E-state index contributed by atoms with van der Waals surface area (Å²) < 4.78 is 30.4. The third-order valence-corrected chi connectivity index (χ3v) is 4.89. The maximum atomic E-state index is 14.0. The van der Waals surface area contributed by atoms with Crippen LogP contribution in [-0.4, -0.2) is 36.6 Å². The Balaban J connectivity index is 1.95. The fourth-order valence-corrected chi connectivity index (χ4v) is 3.32. The van der Waals surface area contributed by atoms with Crippen LogP contribution in [0.25, 0.3) is 21.9 Å². The Kier molecular flexibility index (Phi) is 4.92. The van der Waals surface area contributed by atoms with Gasteiger partial charge in [-0.1, -0.05) is 6.92 Å². The number of pyridine rings is 1. The van der Waals surface area contributed by atoms with Gasteiger partial charge in [-0.2, -0.15) is 0 Å². The number of benzene rings is 2. The number of rotatable bonds is 6. The zero-order valence-corrected chi connectivity index (χ0v) is 15.7. The van der Waals surface area contributed by atoms with Crippen molar-refractivity contribution < 1.29 is 23.7 Å². The molecule has 0 saturated carbocycles. The molecule has 7 heteroatoms. The van der Waals surface area contributed by atoms with E-state index in [1.54, 1.807) is 19.4 Å². The molecule has 0 aliphatic carbocycles. The topological polar surface area (TPSA) is 72.8 Å². The average molecular weight is 384 g/mol. The number of methoxy groups -OCH3 is 1. The number of aromatic nitrogens is 1. The summed E-state index contributed by atoms with van der Waals surface area (Å²) in [5, 5.41) is 14.4. The molecule has 0 fully saturated rings. The van der Waals surface area contributed by atoms with Gasteiger partial charge in [-0.05, 0) is 42.1 Å². The Bertz CT molecular complexity index is 1020. The van der Waals surface area contributed by atoms with E-state index in [1.807, 2.05) is 19.1 Å². The van der Waals surface area contributed by atoms with Crippen molar-refractivity contribution in [1.82, 2.24) is 4.98 Å². The van der Waals surface area contributed by atoms with Crippen molar-refractivity contribution in [3.8, 4) is 28.4 Å². The highest BCUT2D eigenvalue weighted by atomic mass is 19.1. The summed E-state index contributed by atoms with van der Waals surface area (Å²) in [5.74, 6) is 2.05. The number of ether oxygens (including phenoxy) is 3. The van der Waals surface area contributed by atoms with Gasteiger partial charge in [-0.25, -0.2) is 9.37 Å². The molecule has 1 aromatic heterocycles. The first-order valence-corrected chi connectivity index (χ1v) is 9.08. The summed E-state index contributed by atoms with van der Waals surface area (Å²) in [4.78, 5) is 4.55. The average Bonchev–Trinajstić information content (AvgIpc) is 3.18. The van der Waals surface area contributed by atoms with E-state index >= 15 is 0 Å². The molecule has 0 spiro atoms. The van der Waals surface area contributed by atoms with E-state index in [0.717, 1.165) is 17.2 Å². The lowest BCUT2D eigenvalue weighted by Gasteiger charge is -2.18. The molecule has 28 heavy (non-hydrogen) atoms. The molecule has 0 amide bonds. The molecule has 1 aliphatic rings. The molecule has 2 N–H and O–H groups in total. The highest BCUT2D eigenvalue weighted by molar-refractivity contribution is 6.04. The molecule has 3 aromatic rings. The van der Waals surface area contributed by atoms with Crippen molar-refractivity contribution >= 4 is 16.6 Å². The molecule has 146 valence electrons. The molecule has 4 rings (SSSR count). The van der Waals surface area contributed by atoms with E-state index in [1.165, 1.54) is 12.1 Å². The largest absolute Gasteiger partial charge is 0.496 e. The van der Waals surface area contributed by atoms with Crippen molar-refractivity contribution in [1.29, 1.82) is 0 Å². The lowest BCUT2D eigenvalue weighted by Crippen LogP contribution is -2.23. The first-order valence-electron chi connectivity index (χ1n) is 9.08. The first kappa shape index (κ1) is 18.3. The highest BCUT2D eigenvalue weighted by Gasteiger charge is 2.21. The predicted molar refractivity (Wildman–Crippen MR) is 105 cm³/mol. The van der Waals surface area contributed by atoms with E-state index in [0.29, 0.717) is 34.2 Å². The van der Waals surface area contributed by atoms with Gasteiger partial charge < -0.3 is 24.6 Å². The van der Waals surface area contributed by atoms with Crippen LogP contribution in [-0.2, 0) is 0 Å². The first-order chi connectivity index (χ1) is 13.6. The normalized spacial score (nSPS) is 13.6. The van der Waals surface area contributed by atoms with Gasteiger partial charge in [-0.3, -0.25) is 0 Å². The van der Waals surface area contributed by atoms with Crippen molar-refractivity contribution in [3.05, 3.63) is 42.3 Å². The van der Waals surface area contributed by atoms with Crippen LogP contribution < -0.4 is 19.5 Å². The van der Waals surface area contributed by atoms with Gasteiger partial charge in [0, 0.05) is 22.7 Å². The van der Waals surface area contributed by atoms with Gasteiger partial charge in [0.2, 0.25) is 6.79 Å². The zero-order chi connectivity index (χ0) is 19.7. The number of aliphatic hydroxyl groups excluding tert-OH is 1. The van der Waals surface area contributed by atoms with E-state index in [9.17, 15) is 9.50 Å². The van der Waals surface area contributed by atoms with Gasteiger partial charge in [0.15, 0.2) is 11.5 Å². The summed E-state index contributed by atoms with van der Waals surface area (Å²) in [5.41, 5.74) is 1.31. The van der Waals surface area contributed by atoms with Crippen molar-refractivity contribution in [2.75, 3.05) is 25.8 Å². The third kappa shape index (κ3) is 3.18. The minimum Gasteiger partial charge on any atom is -0.496 e. The molecule has 1 aliphatic heterocycles. The number of nitrogens with one attached hydrogen (secondary N) is 1. The van der Waals surface area contributed by atoms with Crippen LogP contribution in [0.1, 0.15) is 13.3 Å². The zero-order valence-electron chi connectivity index (χ0n) is 15.7. The number of fused-ring (bicyclic) bond motifs is 2. The van der Waals surface area contributed by atoms with E-state index in [-0.39, 0.29) is 25.3 Å². The molecular weight excluding hydrogens is 363 g/mol. The minimum absolute atomic E-state index is 0.0102. The van der Waals surface area contributed by atoms with Gasteiger partial charge in [0.05, 0.1) is 19.8 Å². The Labute approximate surface area is 161 Å². The maximum Gasteiger partial charge on any atom is 0.231 e. The van der Waals surface area contributed by atoms with Crippen LogP contribution in [0.5, 0.6) is 17.2 Å². The Morgan fingerprint density at radius 1 is 1.18 bits per heavy atom. The number of nitrogens with zero attached hydrogens (tertiary/aromatic N) is 1. The molecule has 1 unspecified atom stereocenters. The van der Waals surface area contributed by atoms with Crippen molar-refractivity contribution in [2.24, 2.45) is 0 Å². The predicted octanol–water partition coefficient (Wildman–Crippen LogP) is 3.96. The molecule has 2 heterocycles. The van der Waals surface area contributed by atoms with Crippen LogP contribution in [0, 0.1) is 5.82 Å². The van der Waals surface area contributed by atoms with Crippen molar-refractivity contribution in [3.63, 3.8) is 0 Å². The van der Waals surface area contributed by atoms with Crippen LogP contribution in [0.2, 0.25) is 0 Å². The molecule has 0 saturated heterocycles. The van der Waals surface area contributed by atoms with Gasteiger partial charge in [0.25, 0.3) is 0 Å². The fraction of sp³-hybridized carbons (Fsp3) is 0.286. The molecule has 1 atom stereocenters. The van der Waals surface area contributed by atoms with Crippen LogP contribution in [0.15, 0.2) is 36.5 Å². The molecule has 0 radical (unpaired) electrons. The van der Waals surface area contributed by atoms with E-state index < -0.39 is 0 Å².